The first-order chi connectivity index (χ1) is 17.9. The predicted octanol–water partition coefficient (Wildman–Crippen LogP) is 6.93. The van der Waals surface area contributed by atoms with E-state index in [4.69, 9.17) is 21.1 Å². The lowest BCUT2D eigenvalue weighted by atomic mass is 10.1. The third-order valence-corrected chi connectivity index (χ3v) is 6.79. The Morgan fingerprint density at radius 2 is 1.73 bits per heavy atom. The number of benzene rings is 3. The molecule has 0 bridgehead atoms. The summed E-state index contributed by atoms with van der Waals surface area (Å²) in [6.45, 7) is 4.03. The lowest BCUT2D eigenvalue weighted by molar-refractivity contribution is -0.138. The maximum atomic E-state index is 12.7. The Morgan fingerprint density at radius 3 is 2.41 bits per heavy atom. The van der Waals surface area contributed by atoms with Gasteiger partial charge in [0.05, 0.1) is 11.5 Å². The molecule has 0 saturated carbocycles. The Hall–Kier alpha value is -3.81. The van der Waals surface area contributed by atoms with E-state index in [-0.39, 0.29) is 23.0 Å². The number of aliphatic imine (C=N–C) groups is 1. The minimum Gasteiger partial charge on any atom is -0.506 e. The van der Waals surface area contributed by atoms with E-state index < -0.39 is 11.9 Å². The van der Waals surface area contributed by atoms with E-state index in [0.29, 0.717) is 27.8 Å². The van der Waals surface area contributed by atoms with Crippen LogP contribution in [0.25, 0.3) is 6.08 Å². The molecule has 3 aromatic rings. The maximum absolute atomic E-state index is 12.7. The highest BCUT2D eigenvalue weighted by molar-refractivity contribution is 8.18. The fourth-order valence-electron chi connectivity index (χ4n) is 3.43. The summed E-state index contributed by atoms with van der Waals surface area (Å²) in [4.78, 5) is 29.8. The van der Waals surface area contributed by atoms with Crippen LogP contribution in [-0.4, -0.2) is 28.6 Å². The molecule has 1 N–H and O–H groups in total. The van der Waals surface area contributed by atoms with E-state index in [0.717, 1.165) is 28.5 Å². The van der Waals surface area contributed by atoms with Gasteiger partial charge < -0.3 is 14.6 Å². The van der Waals surface area contributed by atoms with E-state index in [1.807, 2.05) is 55.5 Å². The van der Waals surface area contributed by atoms with Crippen LogP contribution in [0.3, 0.4) is 0 Å². The molecular weight excluding hydrogens is 510 g/mol. The van der Waals surface area contributed by atoms with Crippen molar-refractivity contribution in [3.8, 4) is 5.75 Å². The molecule has 0 saturated heterocycles. The first kappa shape index (κ1) is 26.3. The number of amides is 1. The third-order valence-electron chi connectivity index (χ3n) is 5.40. The zero-order valence-electron chi connectivity index (χ0n) is 20.2. The summed E-state index contributed by atoms with van der Waals surface area (Å²) in [7, 11) is 0. The van der Waals surface area contributed by atoms with Crippen molar-refractivity contribution < 1.29 is 24.2 Å². The van der Waals surface area contributed by atoms with Crippen LogP contribution in [0.5, 0.6) is 5.75 Å². The third kappa shape index (κ3) is 6.50. The number of hydrogen-bond acceptors (Lipinski definition) is 6. The SMILES string of the molecule is CCOC(=O)C1=C(O)/C(=C/c2ccc(OCc3ccccc3Cl)cc2)SC1=NC(=O)c1ccc(C)cc1. The maximum Gasteiger partial charge on any atom is 0.344 e. The molecule has 0 spiro atoms. The quantitative estimate of drug-likeness (QED) is 0.331. The summed E-state index contributed by atoms with van der Waals surface area (Å²) in [5.41, 5.74) is 2.90. The number of aliphatic hydroxyl groups is 1. The van der Waals surface area contributed by atoms with E-state index in [1.165, 1.54) is 0 Å². The minimum absolute atomic E-state index is 0.0902. The van der Waals surface area contributed by atoms with Crippen molar-refractivity contribution in [1.29, 1.82) is 0 Å². The Labute approximate surface area is 224 Å². The summed E-state index contributed by atoms with van der Waals surface area (Å²) in [6.07, 6.45) is 1.70. The number of hydrogen-bond donors (Lipinski definition) is 1. The number of nitrogens with zero attached hydrogens (tertiary/aromatic N) is 1. The lowest BCUT2D eigenvalue weighted by Gasteiger charge is -2.08. The molecular formula is C29H24ClNO5S. The zero-order valence-corrected chi connectivity index (χ0v) is 21.8. The largest absolute Gasteiger partial charge is 0.506 e. The summed E-state index contributed by atoms with van der Waals surface area (Å²) < 4.78 is 10.9. The van der Waals surface area contributed by atoms with Crippen LogP contribution in [0.4, 0.5) is 0 Å². The molecule has 1 aliphatic heterocycles. The van der Waals surface area contributed by atoms with Crippen LogP contribution in [0, 0.1) is 6.92 Å². The summed E-state index contributed by atoms with van der Waals surface area (Å²) >= 11 is 7.22. The molecule has 0 fully saturated rings. The van der Waals surface area contributed by atoms with Gasteiger partial charge in [-0.05, 0) is 55.8 Å². The van der Waals surface area contributed by atoms with Crippen molar-refractivity contribution in [2.24, 2.45) is 4.99 Å². The van der Waals surface area contributed by atoms with Gasteiger partial charge in [-0.15, -0.1) is 0 Å². The number of halogens is 1. The second-order valence-corrected chi connectivity index (χ2v) is 9.53. The molecule has 188 valence electrons. The smallest absolute Gasteiger partial charge is 0.344 e. The Kier molecular flexibility index (Phi) is 8.48. The van der Waals surface area contributed by atoms with Gasteiger partial charge in [-0.2, -0.15) is 0 Å². The zero-order chi connectivity index (χ0) is 26.4. The Bertz CT molecular complexity index is 1410. The molecule has 0 atom stereocenters. The minimum atomic E-state index is -0.741. The van der Waals surface area contributed by atoms with Gasteiger partial charge >= 0.3 is 5.97 Å². The molecule has 1 heterocycles. The number of carbonyl (C=O) groups is 2. The van der Waals surface area contributed by atoms with Crippen molar-refractivity contribution in [1.82, 2.24) is 0 Å². The van der Waals surface area contributed by atoms with Crippen molar-refractivity contribution >= 4 is 46.4 Å². The first-order valence-corrected chi connectivity index (χ1v) is 12.7. The first-order valence-electron chi connectivity index (χ1n) is 11.5. The second kappa shape index (κ2) is 12.0. The highest BCUT2D eigenvalue weighted by Gasteiger charge is 2.33. The van der Waals surface area contributed by atoms with Crippen LogP contribution in [0.1, 0.15) is 34.0 Å². The van der Waals surface area contributed by atoms with E-state index in [1.54, 1.807) is 37.3 Å². The molecule has 0 unspecified atom stereocenters. The molecule has 1 amide bonds. The average Bonchev–Trinajstić information content (AvgIpc) is 3.19. The predicted molar refractivity (Wildman–Crippen MR) is 147 cm³/mol. The highest BCUT2D eigenvalue weighted by atomic mass is 35.5. The van der Waals surface area contributed by atoms with Gasteiger partial charge in [-0.3, -0.25) is 4.79 Å². The van der Waals surface area contributed by atoms with Crippen LogP contribution in [0.2, 0.25) is 5.02 Å². The summed E-state index contributed by atoms with van der Waals surface area (Å²) in [6, 6.07) is 21.7. The Morgan fingerprint density at radius 1 is 1.03 bits per heavy atom. The van der Waals surface area contributed by atoms with Crippen molar-refractivity contribution in [3.05, 3.63) is 116 Å². The van der Waals surface area contributed by atoms with Crippen molar-refractivity contribution in [3.63, 3.8) is 0 Å². The molecule has 0 radical (unpaired) electrons. The summed E-state index contributed by atoms with van der Waals surface area (Å²) in [5.74, 6) is -0.884. The average molecular weight is 534 g/mol. The fourth-order valence-corrected chi connectivity index (χ4v) is 4.64. The number of rotatable bonds is 7. The standard InChI is InChI=1S/C29H24ClNO5S/c1-3-35-29(34)25-26(32)24(37-28(25)31-27(33)20-12-8-18(2)9-13-20)16-19-10-14-22(15-11-19)36-17-21-6-4-5-7-23(21)30/h4-16,32H,3,17H2,1-2H3/b24-16-,31-28?. The number of aryl methyl sites for hydroxylation is 1. The normalized spacial score (nSPS) is 15.3. The second-order valence-electron chi connectivity index (χ2n) is 8.09. The number of ether oxygens (including phenoxy) is 2. The van der Waals surface area contributed by atoms with E-state index in [9.17, 15) is 14.7 Å². The van der Waals surface area contributed by atoms with Gasteiger partial charge in [0.15, 0.2) is 0 Å². The molecule has 0 aromatic heterocycles. The van der Waals surface area contributed by atoms with Gasteiger partial charge in [0.1, 0.15) is 28.7 Å². The fraction of sp³-hybridized carbons (Fsp3) is 0.138. The van der Waals surface area contributed by atoms with Crippen LogP contribution < -0.4 is 4.74 Å². The number of carbonyl (C=O) groups excluding carboxylic acids is 2. The van der Waals surface area contributed by atoms with Gasteiger partial charge in [-0.25, -0.2) is 9.79 Å². The van der Waals surface area contributed by atoms with Gasteiger partial charge in [0, 0.05) is 16.1 Å². The van der Waals surface area contributed by atoms with Gasteiger partial charge in [0.2, 0.25) is 0 Å². The summed E-state index contributed by atoms with van der Waals surface area (Å²) in [5, 5.41) is 11.6. The van der Waals surface area contributed by atoms with Crippen molar-refractivity contribution in [2.45, 2.75) is 20.5 Å². The van der Waals surface area contributed by atoms with E-state index >= 15 is 0 Å². The van der Waals surface area contributed by atoms with Gasteiger partial charge in [-0.1, -0.05) is 71.4 Å². The number of aliphatic hydroxyl groups excluding tert-OH is 1. The molecule has 1 aliphatic rings. The number of thioether (sulfide) groups is 1. The molecule has 4 rings (SSSR count). The monoisotopic (exact) mass is 533 g/mol. The molecule has 0 aliphatic carbocycles. The lowest BCUT2D eigenvalue weighted by Crippen LogP contribution is -2.14. The molecule has 6 nitrogen and oxygen atoms in total. The highest BCUT2D eigenvalue weighted by Crippen LogP contribution is 2.39. The van der Waals surface area contributed by atoms with Crippen LogP contribution in [0.15, 0.2) is 94.0 Å². The molecule has 37 heavy (non-hydrogen) atoms. The van der Waals surface area contributed by atoms with Crippen LogP contribution >= 0.6 is 23.4 Å². The number of esters is 1. The van der Waals surface area contributed by atoms with E-state index in [2.05, 4.69) is 4.99 Å². The molecule has 3 aromatic carbocycles. The van der Waals surface area contributed by atoms with Crippen LogP contribution in [-0.2, 0) is 16.1 Å². The Balaban J connectivity index is 1.55. The molecule has 8 heteroatoms. The van der Waals surface area contributed by atoms with Gasteiger partial charge in [0.25, 0.3) is 5.91 Å². The van der Waals surface area contributed by atoms with Crippen molar-refractivity contribution in [2.75, 3.05) is 6.61 Å². The topological polar surface area (TPSA) is 85.2 Å².